The molecule has 2 N–H and O–H groups in total. The van der Waals surface area contributed by atoms with E-state index in [-0.39, 0.29) is 5.56 Å². The average Bonchev–Trinajstić information content (AvgIpc) is 2.24. The number of aryl methyl sites for hydroxylation is 1. The smallest absolute Gasteiger partial charge is 0.267 e. The monoisotopic (exact) mass is 216 g/mol. The predicted octanol–water partition coefficient (Wildman–Crippen LogP) is 0.577. The number of hydrogen-bond acceptors (Lipinski definition) is 4. The molecule has 0 amide bonds. The van der Waals surface area contributed by atoms with E-state index in [1.54, 1.807) is 0 Å². The van der Waals surface area contributed by atoms with Crippen LogP contribution in [0.2, 0.25) is 0 Å². The molecule has 0 aliphatic carbocycles. The van der Waals surface area contributed by atoms with Gasteiger partial charge in [-0.3, -0.25) is 9.78 Å². The van der Waals surface area contributed by atoms with Gasteiger partial charge in [0.2, 0.25) is 0 Å². The molecule has 0 radical (unpaired) electrons. The summed E-state index contributed by atoms with van der Waals surface area (Å²) in [4.78, 5) is 15.8. The molecule has 2 aromatic rings. The predicted molar refractivity (Wildman–Crippen MR) is 61.0 cm³/mol. The molecule has 0 saturated heterocycles. The number of anilines is 1. The van der Waals surface area contributed by atoms with Gasteiger partial charge in [-0.25, -0.2) is 4.68 Å². The molecule has 0 aliphatic heterocycles. The highest BCUT2D eigenvalue weighted by molar-refractivity contribution is 5.23. The number of aromatic nitrogens is 3. The minimum Gasteiger partial charge on any atom is -0.382 e. The fourth-order valence-electron chi connectivity index (χ4n) is 1.42. The largest absolute Gasteiger partial charge is 0.382 e. The van der Waals surface area contributed by atoms with Crippen molar-refractivity contribution in [3.8, 4) is 0 Å². The maximum Gasteiger partial charge on any atom is 0.267 e. The summed E-state index contributed by atoms with van der Waals surface area (Å²) >= 11 is 0. The molecule has 0 atom stereocenters. The second-order valence-corrected chi connectivity index (χ2v) is 3.52. The summed E-state index contributed by atoms with van der Waals surface area (Å²) in [5, 5.41) is 3.94. The van der Waals surface area contributed by atoms with Gasteiger partial charge in [0.15, 0.2) is 0 Å². The fraction of sp³-hybridized carbons (Fsp3) is 0.182. The molecule has 2 aromatic heterocycles. The topological polar surface area (TPSA) is 73.8 Å². The molecule has 0 aliphatic rings. The summed E-state index contributed by atoms with van der Waals surface area (Å²) < 4.78 is 1.30. The van der Waals surface area contributed by atoms with E-state index in [1.807, 2.05) is 25.1 Å². The van der Waals surface area contributed by atoms with Gasteiger partial charge < -0.3 is 5.73 Å². The first kappa shape index (κ1) is 10.4. The van der Waals surface area contributed by atoms with Gasteiger partial charge in [0.25, 0.3) is 5.56 Å². The molecular weight excluding hydrogens is 204 g/mol. The summed E-state index contributed by atoms with van der Waals surface area (Å²) in [6.07, 6.45) is 0. The Hall–Kier alpha value is -2.17. The summed E-state index contributed by atoms with van der Waals surface area (Å²) in [6.45, 7) is 2.24. The van der Waals surface area contributed by atoms with Gasteiger partial charge >= 0.3 is 0 Å². The number of nitrogen functional groups attached to an aromatic ring is 1. The second-order valence-electron chi connectivity index (χ2n) is 3.52. The Morgan fingerprint density at radius 1 is 1.31 bits per heavy atom. The molecule has 5 heteroatoms. The minimum atomic E-state index is -0.183. The first-order valence-corrected chi connectivity index (χ1v) is 4.91. The van der Waals surface area contributed by atoms with Crippen molar-refractivity contribution in [3.05, 3.63) is 52.1 Å². The van der Waals surface area contributed by atoms with Crippen molar-refractivity contribution in [2.45, 2.75) is 13.5 Å². The molecule has 5 nitrogen and oxygen atoms in total. The minimum absolute atomic E-state index is 0.183. The van der Waals surface area contributed by atoms with Crippen LogP contribution in [0.4, 0.5) is 5.82 Å². The number of nitrogens with two attached hydrogens (primary N) is 1. The van der Waals surface area contributed by atoms with Crippen LogP contribution >= 0.6 is 0 Å². The van der Waals surface area contributed by atoms with Gasteiger partial charge in [0.05, 0.1) is 12.2 Å². The van der Waals surface area contributed by atoms with Gasteiger partial charge in [-0.05, 0) is 25.1 Å². The Bertz CT molecular complexity index is 562. The Morgan fingerprint density at radius 3 is 2.88 bits per heavy atom. The van der Waals surface area contributed by atoms with Crippen LogP contribution in [0, 0.1) is 6.92 Å². The first-order valence-electron chi connectivity index (χ1n) is 4.91. The number of nitrogens with zero attached hydrogens (tertiary/aromatic N) is 3. The molecule has 82 valence electrons. The summed E-state index contributed by atoms with van der Waals surface area (Å²) in [6, 6.07) is 8.54. The zero-order valence-corrected chi connectivity index (χ0v) is 8.92. The maximum atomic E-state index is 11.5. The standard InChI is InChI=1S/C11H12N4O/c1-8-3-2-4-9(13-8)7-15-11(16)6-5-10(12)14-15/h2-6H,7H2,1H3,(H2,12,14). The highest BCUT2D eigenvalue weighted by Gasteiger charge is 2.01. The first-order chi connectivity index (χ1) is 7.65. The molecule has 16 heavy (non-hydrogen) atoms. The van der Waals surface area contributed by atoms with Crippen LogP contribution in [0.1, 0.15) is 11.4 Å². The van der Waals surface area contributed by atoms with Crippen LogP contribution in [0.5, 0.6) is 0 Å². The third-order valence-corrected chi connectivity index (χ3v) is 2.15. The zero-order valence-electron chi connectivity index (χ0n) is 8.92. The zero-order chi connectivity index (χ0) is 11.5. The van der Waals surface area contributed by atoms with Gasteiger partial charge in [0, 0.05) is 11.8 Å². The van der Waals surface area contributed by atoms with Crippen LogP contribution in [-0.2, 0) is 6.54 Å². The lowest BCUT2D eigenvalue weighted by molar-refractivity contribution is 0.631. The number of pyridine rings is 1. The van der Waals surface area contributed by atoms with E-state index in [1.165, 1.54) is 16.8 Å². The summed E-state index contributed by atoms with van der Waals surface area (Å²) in [5.41, 5.74) is 7.04. The van der Waals surface area contributed by atoms with E-state index in [2.05, 4.69) is 10.1 Å². The molecule has 0 saturated carbocycles. The van der Waals surface area contributed by atoms with Crippen LogP contribution < -0.4 is 11.3 Å². The van der Waals surface area contributed by atoms with Gasteiger partial charge in [-0.1, -0.05) is 6.07 Å². The lowest BCUT2D eigenvalue weighted by Crippen LogP contribution is -2.23. The molecule has 0 aromatic carbocycles. The fourth-order valence-corrected chi connectivity index (χ4v) is 1.42. The van der Waals surface area contributed by atoms with Crippen molar-refractivity contribution in [1.82, 2.24) is 14.8 Å². The van der Waals surface area contributed by atoms with Gasteiger partial charge in [-0.15, -0.1) is 0 Å². The van der Waals surface area contributed by atoms with Crippen LogP contribution in [0.3, 0.4) is 0 Å². The van der Waals surface area contributed by atoms with Gasteiger partial charge in [0.1, 0.15) is 5.82 Å². The van der Waals surface area contributed by atoms with Crippen molar-refractivity contribution in [1.29, 1.82) is 0 Å². The Balaban J connectivity index is 2.34. The highest BCUT2D eigenvalue weighted by atomic mass is 16.1. The number of hydrogen-bond donors (Lipinski definition) is 1. The van der Waals surface area contributed by atoms with E-state index >= 15 is 0 Å². The lowest BCUT2D eigenvalue weighted by atomic mass is 10.3. The lowest BCUT2D eigenvalue weighted by Gasteiger charge is -2.04. The van der Waals surface area contributed by atoms with Crippen LogP contribution in [0.25, 0.3) is 0 Å². The third kappa shape index (κ3) is 2.25. The van der Waals surface area contributed by atoms with Crippen LogP contribution in [-0.4, -0.2) is 14.8 Å². The van der Waals surface area contributed by atoms with Crippen molar-refractivity contribution in [2.75, 3.05) is 5.73 Å². The maximum absolute atomic E-state index is 11.5. The summed E-state index contributed by atoms with van der Waals surface area (Å²) in [5.74, 6) is 0.326. The van der Waals surface area contributed by atoms with E-state index < -0.39 is 0 Å². The van der Waals surface area contributed by atoms with Crippen molar-refractivity contribution >= 4 is 5.82 Å². The molecule has 2 heterocycles. The molecule has 2 rings (SSSR count). The molecule has 0 spiro atoms. The second kappa shape index (κ2) is 4.14. The van der Waals surface area contributed by atoms with E-state index in [0.29, 0.717) is 12.4 Å². The summed E-state index contributed by atoms with van der Waals surface area (Å²) in [7, 11) is 0. The van der Waals surface area contributed by atoms with E-state index in [4.69, 9.17) is 5.73 Å². The average molecular weight is 216 g/mol. The highest BCUT2D eigenvalue weighted by Crippen LogP contribution is 1.99. The van der Waals surface area contributed by atoms with E-state index in [9.17, 15) is 4.79 Å². The van der Waals surface area contributed by atoms with Crippen molar-refractivity contribution < 1.29 is 0 Å². The SMILES string of the molecule is Cc1cccc(Cn2nc(N)ccc2=O)n1. The molecule has 0 fully saturated rings. The quantitative estimate of drug-likeness (QED) is 0.796. The molecule has 0 unspecified atom stereocenters. The van der Waals surface area contributed by atoms with Crippen molar-refractivity contribution in [2.24, 2.45) is 0 Å². The Labute approximate surface area is 92.6 Å². The third-order valence-electron chi connectivity index (χ3n) is 2.15. The Kier molecular flexibility index (Phi) is 2.68. The number of rotatable bonds is 2. The van der Waals surface area contributed by atoms with Crippen molar-refractivity contribution in [3.63, 3.8) is 0 Å². The van der Waals surface area contributed by atoms with Gasteiger partial charge in [-0.2, -0.15) is 5.10 Å². The molecule has 0 bridgehead atoms. The normalized spacial score (nSPS) is 10.3. The molecular formula is C11H12N4O. The Morgan fingerprint density at radius 2 is 2.12 bits per heavy atom. The van der Waals surface area contributed by atoms with E-state index in [0.717, 1.165) is 11.4 Å². The van der Waals surface area contributed by atoms with Crippen LogP contribution in [0.15, 0.2) is 35.1 Å².